The average molecular weight is 421 g/mol. The van der Waals surface area contributed by atoms with Crippen LogP contribution < -0.4 is 4.72 Å². The SMILES string of the molecule is CC1CCCC(CCl)(NS(=O)(=O)c2cc(Cl)c(Br)s2)C1. The van der Waals surface area contributed by atoms with Gasteiger partial charge in [0, 0.05) is 11.4 Å². The minimum absolute atomic E-state index is 0.220. The van der Waals surface area contributed by atoms with Crippen molar-refractivity contribution >= 4 is 60.5 Å². The Balaban J connectivity index is 2.26. The molecular weight excluding hydrogens is 405 g/mol. The highest BCUT2D eigenvalue weighted by molar-refractivity contribution is 9.11. The minimum atomic E-state index is -3.59. The van der Waals surface area contributed by atoms with Gasteiger partial charge in [0.05, 0.1) is 8.81 Å². The Kier molecular flexibility index (Phi) is 5.47. The van der Waals surface area contributed by atoms with Gasteiger partial charge in [0.1, 0.15) is 4.21 Å². The predicted molar refractivity (Wildman–Crippen MR) is 88.4 cm³/mol. The molecule has 1 aliphatic carbocycles. The van der Waals surface area contributed by atoms with Crippen molar-refractivity contribution in [3.05, 3.63) is 14.9 Å². The maximum atomic E-state index is 12.5. The summed E-state index contributed by atoms with van der Waals surface area (Å²) in [5.41, 5.74) is -0.541. The van der Waals surface area contributed by atoms with Crippen LogP contribution in [0.25, 0.3) is 0 Å². The van der Waals surface area contributed by atoms with Gasteiger partial charge in [0.15, 0.2) is 0 Å². The normalized spacial score (nSPS) is 27.7. The highest BCUT2D eigenvalue weighted by Gasteiger charge is 2.38. The second kappa shape index (κ2) is 6.42. The molecule has 1 heterocycles. The van der Waals surface area contributed by atoms with Gasteiger partial charge in [0.2, 0.25) is 0 Å². The maximum Gasteiger partial charge on any atom is 0.250 e. The first-order valence-electron chi connectivity index (χ1n) is 6.33. The van der Waals surface area contributed by atoms with Crippen LogP contribution in [0.4, 0.5) is 0 Å². The lowest BCUT2D eigenvalue weighted by Gasteiger charge is -2.38. The average Bonchev–Trinajstić information content (AvgIpc) is 2.70. The van der Waals surface area contributed by atoms with Gasteiger partial charge in [-0.25, -0.2) is 13.1 Å². The third-order valence-corrected chi connectivity index (χ3v) is 8.62. The molecule has 1 aliphatic rings. The molecule has 0 amide bonds. The van der Waals surface area contributed by atoms with Gasteiger partial charge in [-0.3, -0.25) is 0 Å². The molecule has 0 radical (unpaired) electrons. The standard InChI is InChI=1S/C12H16BrCl2NO2S2/c1-8-3-2-4-12(6-8,7-14)16-20(17,18)10-5-9(15)11(13)19-10/h5,8,16H,2-4,6-7H2,1H3. The van der Waals surface area contributed by atoms with Gasteiger partial charge in [-0.05, 0) is 40.8 Å². The summed E-state index contributed by atoms with van der Waals surface area (Å²) in [6, 6.07) is 1.47. The van der Waals surface area contributed by atoms with E-state index in [4.69, 9.17) is 23.2 Å². The maximum absolute atomic E-state index is 12.5. The van der Waals surface area contributed by atoms with E-state index in [0.717, 1.165) is 37.0 Å². The van der Waals surface area contributed by atoms with Crippen molar-refractivity contribution in [2.24, 2.45) is 5.92 Å². The summed E-state index contributed by atoms with van der Waals surface area (Å²) < 4.78 is 28.7. The summed E-state index contributed by atoms with van der Waals surface area (Å²) in [5, 5.41) is 0.410. The number of nitrogens with one attached hydrogen (secondary N) is 1. The van der Waals surface area contributed by atoms with Crippen molar-refractivity contribution in [1.82, 2.24) is 4.72 Å². The lowest BCUT2D eigenvalue weighted by atomic mass is 9.78. The Bertz CT molecular complexity index is 571. The molecule has 1 fully saturated rings. The highest BCUT2D eigenvalue weighted by atomic mass is 79.9. The van der Waals surface area contributed by atoms with Gasteiger partial charge in [-0.2, -0.15) is 0 Å². The van der Waals surface area contributed by atoms with E-state index in [9.17, 15) is 8.42 Å². The fraction of sp³-hybridized carbons (Fsp3) is 0.667. The van der Waals surface area contributed by atoms with Crippen LogP contribution in [0.2, 0.25) is 5.02 Å². The Morgan fingerprint density at radius 2 is 2.30 bits per heavy atom. The number of sulfonamides is 1. The molecule has 0 aromatic carbocycles. The van der Waals surface area contributed by atoms with Gasteiger partial charge < -0.3 is 0 Å². The highest BCUT2D eigenvalue weighted by Crippen LogP contribution is 2.38. The van der Waals surface area contributed by atoms with Crippen LogP contribution in [0.5, 0.6) is 0 Å². The van der Waals surface area contributed by atoms with Crippen LogP contribution >= 0.6 is 50.5 Å². The van der Waals surface area contributed by atoms with E-state index < -0.39 is 15.6 Å². The topological polar surface area (TPSA) is 46.2 Å². The molecule has 8 heteroatoms. The van der Waals surface area contributed by atoms with Gasteiger partial charge in [-0.1, -0.05) is 31.4 Å². The summed E-state index contributed by atoms with van der Waals surface area (Å²) in [6.07, 6.45) is 3.67. The second-order valence-corrected chi connectivity index (χ2v) is 10.4. The first kappa shape index (κ1) is 17.0. The third kappa shape index (κ3) is 3.70. The first-order valence-corrected chi connectivity index (χ1v) is 10.3. The van der Waals surface area contributed by atoms with Gasteiger partial charge in [0.25, 0.3) is 10.0 Å². The monoisotopic (exact) mass is 419 g/mol. The summed E-state index contributed by atoms with van der Waals surface area (Å²) in [5.74, 6) is 0.764. The fourth-order valence-corrected chi connectivity index (χ4v) is 6.92. The molecular formula is C12H16BrCl2NO2S2. The molecule has 0 bridgehead atoms. The van der Waals surface area contributed by atoms with E-state index in [0.29, 0.717) is 14.7 Å². The van der Waals surface area contributed by atoms with Crippen molar-refractivity contribution < 1.29 is 8.42 Å². The quantitative estimate of drug-likeness (QED) is 0.721. The number of alkyl halides is 1. The van der Waals surface area contributed by atoms with Gasteiger partial charge >= 0.3 is 0 Å². The van der Waals surface area contributed by atoms with E-state index in [1.807, 2.05) is 0 Å². The lowest BCUT2D eigenvalue weighted by Crippen LogP contribution is -2.52. The van der Waals surface area contributed by atoms with E-state index in [-0.39, 0.29) is 10.1 Å². The van der Waals surface area contributed by atoms with Crippen molar-refractivity contribution in [3.8, 4) is 0 Å². The molecule has 114 valence electrons. The van der Waals surface area contributed by atoms with E-state index in [1.165, 1.54) is 6.07 Å². The molecule has 20 heavy (non-hydrogen) atoms. The van der Waals surface area contributed by atoms with Crippen LogP contribution in [0, 0.1) is 5.92 Å². The molecule has 0 aliphatic heterocycles. The Labute approximate surface area is 142 Å². The fourth-order valence-electron chi connectivity index (χ4n) is 2.70. The van der Waals surface area contributed by atoms with E-state index in [1.54, 1.807) is 0 Å². The van der Waals surface area contributed by atoms with Gasteiger partial charge in [-0.15, -0.1) is 22.9 Å². The molecule has 1 aromatic heterocycles. The zero-order valence-electron chi connectivity index (χ0n) is 11.0. The number of halogens is 3. The van der Waals surface area contributed by atoms with Crippen molar-refractivity contribution in [2.75, 3.05) is 5.88 Å². The number of thiophene rings is 1. The second-order valence-electron chi connectivity index (χ2n) is 5.41. The molecule has 2 rings (SSSR count). The van der Waals surface area contributed by atoms with Crippen LogP contribution in [0.1, 0.15) is 32.6 Å². The van der Waals surface area contributed by atoms with Crippen LogP contribution in [0.15, 0.2) is 14.1 Å². The van der Waals surface area contributed by atoms with Crippen molar-refractivity contribution in [2.45, 2.75) is 42.4 Å². The number of rotatable bonds is 4. The summed E-state index contributed by atoms with van der Waals surface area (Å²) >= 11 is 16.3. The van der Waals surface area contributed by atoms with E-state index >= 15 is 0 Å². The van der Waals surface area contributed by atoms with Crippen molar-refractivity contribution in [1.29, 1.82) is 0 Å². The Morgan fingerprint density at radius 1 is 1.60 bits per heavy atom. The number of hydrogen-bond donors (Lipinski definition) is 1. The Morgan fingerprint density at radius 3 is 2.80 bits per heavy atom. The molecule has 1 N–H and O–H groups in total. The largest absolute Gasteiger partial charge is 0.250 e. The zero-order valence-corrected chi connectivity index (χ0v) is 15.7. The Hall–Kier alpha value is 0.670. The molecule has 1 saturated carbocycles. The molecule has 3 nitrogen and oxygen atoms in total. The third-order valence-electron chi connectivity index (χ3n) is 3.59. The molecule has 2 unspecified atom stereocenters. The van der Waals surface area contributed by atoms with E-state index in [2.05, 4.69) is 27.6 Å². The lowest BCUT2D eigenvalue weighted by molar-refractivity contribution is 0.239. The molecule has 0 spiro atoms. The summed E-state index contributed by atoms with van der Waals surface area (Å²) in [7, 11) is -3.59. The first-order chi connectivity index (χ1) is 9.28. The molecule has 2 atom stereocenters. The molecule has 1 aromatic rings. The smallest absolute Gasteiger partial charge is 0.206 e. The van der Waals surface area contributed by atoms with Crippen LogP contribution in [-0.2, 0) is 10.0 Å². The van der Waals surface area contributed by atoms with Crippen molar-refractivity contribution in [3.63, 3.8) is 0 Å². The predicted octanol–water partition coefficient (Wildman–Crippen LogP) is 4.63. The molecule has 0 saturated heterocycles. The van der Waals surface area contributed by atoms with Crippen LogP contribution in [0.3, 0.4) is 0 Å². The van der Waals surface area contributed by atoms with Crippen LogP contribution in [-0.4, -0.2) is 19.8 Å². The zero-order chi connectivity index (χ0) is 15.0. The minimum Gasteiger partial charge on any atom is -0.206 e. The summed E-state index contributed by atoms with van der Waals surface area (Å²) in [6.45, 7) is 2.13. The summed E-state index contributed by atoms with van der Waals surface area (Å²) in [4.78, 5) is 0. The number of hydrogen-bond acceptors (Lipinski definition) is 3.